The fraction of sp³-hybridized carbons (Fsp3) is 0.0526. The second kappa shape index (κ2) is 5.90. The Bertz CT molecular complexity index is 1140. The van der Waals surface area contributed by atoms with E-state index in [0.717, 1.165) is 5.52 Å². The number of nitrogens with zero attached hydrogens (tertiary/aromatic N) is 2. The Hall–Kier alpha value is -3.41. The molecule has 0 aliphatic rings. The van der Waals surface area contributed by atoms with Crippen molar-refractivity contribution in [1.29, 1.82) is 0 Å². The number of hydrogen-bond donors (Lipinski definition) is 1. The Morgan fingerprint density at radius 3 is 2.36 bits per heavy atom. The molecular formula is C19H14FN3O2. The standard InChI is InChI=1S/C19H14FN3O2/c20-13-7-9-14(10-8-13)21-18(24)12-23-16-5-2-1-4-15(16)22-11-3-6-17(22)19(23)25/h1-11H,12H2,(H,21,24). The number of halogens is 1. The van der Waals surface area contributed by atoms with E-state index in [2.05, 4.69) is 5.32 Å². The summed E-state index contributed by atoms with van der Waals surface area (Å²) in [5.74, 6) is -0.728. The maximum Gasteiger partial charge on any atom is 0.275 e. The first-order valence-corrected chi connectivity index (χ1v) is 7.77. The summed E-state index contributed by atoms with van der Waals surface area (Å²) in [6, 6.07) is 16.4. The van der Waals surface area contributed by atoms with Crippen LogP contribution in [0, 0.1) is 5.82 Å². The lowest BCUT2D eigenvalue weighted by molar-refractivity contribution is -0.116. The second-order valence-corrected chi connectivity index (χ2v) is 5.70. The highest BCUT2D eigenvalue weighted by molar-refractivity contribution is 5.91. The molecule has 5 nitrogen and oxygen atoms in total. The SMILES string of the molecule is O=C(Cn1c(=O)c2cccn2c2ccccc21)Nc1ccc(F)cc1. The monoisotopic (exact) mass is 335 g/mol. The average Bonchev–Trinajstić information content (AvgIpc) is 3.11. The molecule has 124 valence electrons. The van der Waals surface area contributed by atoms with Gasteiger partial charge in [-0.2, -0.15) is 0 Å². The fourth-order valence-corrected chi connectivity index (χ4v) is 2.94. The lowest BCUT2D eigenvalue weighted by Crippen LogP contribution is -2.29. The van der Waals surface area contributed by atoms with Crippen molar-refractivity contribution < 1.29 is 9.18 Å². The van der Waals surface area contributed by atoms with Crippen LogP contribution in [0.4, 0.5) is 10.1 Å². The van der Waals surface area contributed by atoms with Gasteiger partial charge in [-0.15, -0.1) is 0 Å². The van der Waals surface area contributed by atoms with Gasteiger partial charge in [-0.25, -0.2) is 4.39 Å². The molecule has 2 aromatic heterocycles. The van der Waals surface area contributed by atoms with Crippen molar-refractivity contribution in [2.45, 2.75) is 6.54 Å². The van der Waals surface area contributed by atoms with E-state index in [1.807, 2.05) is 28.8 Å². The van der Waals surface area contributed by atoms with Crippen molar-refractivity contribution in [3.05, 3.63) is 83.0 Å². The van der Waals surface area contributed by atoms with Crippen molar-refractivity contribution in [3.8, 4) is 0 Å². The van der Waals surface area contributed by atoms with Crippen molar-refractivity contribution in [2.75, 3.05) is 5.32 Å². The summed E-state index contributed by atoms with van der Waals surface area (Å²) in [5.41, 5.74) is 2.26. The predicted octanol–water partition coefficient (Wildman–Crippen LogP) is 3.03. The average molecular weight is 335 g/mol. The number of anilines is 1. The van der Waals surface area contributed by atoms with Gasteiger partial charge in [0, 0.05) is 11.9 Å². The van der Waals surface area contributed by atoms with Gasteiger partial charge in [-0.05, 0) is 48.5 Å². The molecular weight excluding hydrogens is 321 g/mol. The smallest absolute Gasteiger partial charge is 0.275 e. The van der Waals surface area contributed by atoms with E-state index in [4.69, 9.17) is 0 Å². The molecule has 0 saturated heterocycles. The summed E-state index contributed by atoms with van der Waals surface area (Å²) in [5, 5.41) is 2.68. The van der Waals surface area contributed by atoms with Crippen molar-refractivity contribution in [1.82, 2.24) is 8.97 Å². The number of amides is 1. The third-order valence-corrected chi connectivity index (χ3v) is 4.07. The van der Waals surface area contributed by atoms with E-state index in [9.17, 15) is 14.0 Å². The van der Waals surface area contributed by atoms with Crippen molar-refractivity contribution in [2.24, 2.45) is 0 Å². The number of carbonyl (C=O) groups excluding carboxylic acids is 1. The topological polar surface area (TPSA) is 55.5 Å². The summed E-state index contributed by atoms with van der Waals surface area (Å²) in [7, 11) is 0. The number of benzene rings is 2. The van der Waals surface area contributed by atoms with Gasteiger partial charge in [-0.3, -0.25) is 14.2 Å². The Labute approximate surface area is 141 Å². The summed E-state index contributed by atoms with van der Waals surface area (Å²) in [6.07, 6.45) is 1.82. The molecule has 4 aromatic rings. The Morgan fingerprint density at radius 2 is 1.60 bits per heavy atom. The highest BCUT2D eigenvalue weighted by atomic mass is 19.1. The first kappa shape index (κ1) is 15.1. The van der Waals surface area contributed by atoms with Gasteiger partial charge in [0.1, 0.15) is 17.9 Å². The van der Waals surface area contributed by atoms with Crippen LogP contribution in [-0.2, 0) is 11.3 Å². The third kappa shape index (κ3) is 2.67. The van der Waals surface area contributed by atoms with Crippen molar-refractivity contribution >= 4 is 28.1 Å². The highest BCUT2D eigenvalue weighted by Gasteiger charge is 2.13. The minimum Gasteiger partial charge on any atom is -0.325 e. The number of fused-ring (bicyclic) bond motifs is 3. The largest absolute Gasteiger partial charge is 0.325 e. The molecule has 0 bridgehead atoms. The van der Waals surface area contributed by atoms with E-state index in [1.54, 1.807) is 18.2 Å². The first-order chi connectivity index (χ1) is 12.1. The maximum absolute atomic E-state index is 13.0. The molecule has 0 aliphatic carbocycles. The molecule has 1 amide bonds. The molecule has 0 atom stereocenters. The van der Waals surface area contributed by atoms with Crippen LogP contribution in [0.2, 0.25) is 0 Å². The van der Waals surface area contributed by atoms with Crippen molar-refractivity contribution in [3.63, 3.8) is 0 Å². The van der Waals surface area contributed by atoms with Crippen LogP contribution < -0.4 is 10.9 Å². The van der Waals surface area contributed by atoms with Crippen LogP contribution in [0.5, 0.6) is 0 Å². The first-order valence-electron chi connectivity index (χ1n) is 7.77. The molecule has 0 spiro atoms. The number of carbonyl (C=O) groups is 1. The third-order valence-electron chi connectivity index (χ3n) is 4.07. The van der Waals surface area contributed by atoms with E-state index >= 15 is 0 Å². The van der Waals surface area contributed by atoms with Gasteiger partial charge in [0.15, 0.2) is 0 Å². The van der Waals surface area contributed by atoms with Crippen LogP contribution in [0.3, 0.4) is 0 Å². The summed E-state index contributed by atoms with van der Waals surface area (Å²) >= 11 is 0. The number of aromatic nitrogens is 2. The second-order valence-electron chi connectivity index (χ2n) is 5.70. The number of nitrogens with one attached hydrogen (secondary N) is 1. The molecule has 0 unspecified atom stereocenters. The van der Waals surface area contributed by atoms with Gasteiger partial charge >= 0.3 is 0 Å². The van der Waals surface area contributed by atoms with Gasteiger partial charge in [-0.1, -0.05) is 12.1 Å². The normalized spacial score (nSPS) is 11.1. The molecule has 0 aliphatic heterocycles. The molecule has 6 heteroatoms. The predicted molar refractivity (Wildman–Crippen MR) is 94.2 cm³/mol. The van der Waals surface area contributed by atoms with Gasteiger partial charge in [0.2, 0.25) is 5.91 Å². The zero-order chi connectivity index (χ0) is 17.4. The summed E-state index contributed by atoms with van der Waals surface area (Å²) in [6.45, 7) is -0.127. The molecule has 2 heterocycles. The number of rotatable bonds is 3. The Balaban J connectivity index is 1.75. The minimum atomic E-state index is -0.376. The van der Waals surface area contributed by atoms with E-state index < -0.39 is 0 Å². The molecule has 0 radical (unpaired) electrons. The van der Waals surface area contributed by atoms with Crippen LogP contribution in [-0.4, -0.2) is 14.9 Å². The Kier molecular flexibility index (Phi) is 3.57. The van der Waals surface area contributed by atoms with Gasteiger partial charge < -0.3 is 9.72 Å². The van der Waals surface area contributed by atoms with Crippen LogP contribution in [0.15, 0.2) is 71.7 Å². The molecule has 0 fully saturated rings. The molecule has 1 N–H and O–H groups in total. The zero-order valence-corrected chi connectivity index (χ0v) is 13.1. The molecule has 2 aromatic carbocycles. The molecule has 4 rings (SSSR count). The van der Waals surface area contributed by atoms with Gasteiger partial charge in [0.05, 0.1) is 11.0 Å². The molecule has 0 saturated carbocycles. The van der Waals surface area contributed by atoms with E-state index in [1.165, 1.54) is 28.8 Å². The van der Waals surface area contributed by atoms with Crippen LogP contribution >= 0.6 is 0 Å². The zero-order valence-electron chi connectivity index (χ0n) is 13.1. The lowest BCUT2D eigenvalue weighted by Gasteiger charge is -2.12. The van der Waals surface area contributed by atoms with Crippen LogP contribution in [0.1, 0.15) is 0 Å². The minimum absolute atomic E-state index is 0.127. The number of hydrogen-bond acceptors (Lipinski definition) is 2. The van der Waals surface area contributed by atoms with Gasteiger partial charge in [0.25, 0.3) is 5.56 Å². The lowest BCUT2D eigenvalue weighted by atomic mass is 10.2. The summed E-state index contributed by atoms with van der Waals surface area (Å²) in [4.78, 5) is 25.1. The maximum atomic E-state index is 13.0. The quantitative estimate of drug-likeness (QED) is 0.626. The molecule has 25 heavy (non-hydrogen) atoms. The summed E-state index contributed by atoms with van der Waals surface area (Å²) < 4.78 is 16.2. The van der Waals surface area contributed by atoms with E-state index in [0.29, 0.717) is 16.7 Å². The van der Waals surface area contributed by atoms with Crippen LogP contribution in [0.25, 0.3) is 16.6 Å². The fourth-order valence-electron chi connectivity index (χ4n) is 2.94. The Morgan fingerprint density at radius 1 is 0.920 bits per heavy atom. The highest BCUT2D eigenvalue weighted by Crippen LogP contribution is 2.15. The van der Waals surface area contributed by atoms with E-state index in [-0.39, 0.29) is 23.8 Å². The number of para-hydroxylation sites is 2.